The minimum absolute atomic E-state index is 0.0544. The number of nitrogens with zero attached hydrogens (tertiary/aromatic N) is 3. The van der Waals surface area contributed by atoms with E-state index in [9.17, 15) is 14.4 Å². The number of piperidine rings is 1. The molecule has 0 saturated carbocycles. The Kier molecular flexibility index (Phi) is 4.86. The highest BCUT2D eigenvalue weighted by Gasteiger charge is 2.56. The summed E-state index contributed by atoms with van der Waals surface area (Å²) in [5.41, 5.74) is 1.51. The summed E-state index contributed by atoms with van der Waals surface area (Å²) in [7, 11) is 3.09. The van der Waals surface area contributed by atoms with Gasteiger partial charge in [-0.15, -0.1) is 0 Å². The normalized spacial score (nSPS) is 20.9. The molecule has 29 heavy (non-hydrogen) atoms. The molecule has 1 unspecified atom stereocenters. The Morgan fingerprint density at radius 3 is 2.55 bits per heavy atom. The van der Waals surface area contributed by atoms with Gasteiger partial charge in [-0.1, -0.05) is 30.3 Å². The highest BCUT2D eigenvalue weighted by atomic mass is 16.5. The Labute approximate surface area is 168 Å². The first-order valence-electron chi connectivity index (χ1n) is 9.71. The van der Waals surface area contributed by atoms with Crippen molar-refractivity contribution in [3.05, 3.63) is 42.1 Å². The van der Waals surface area contributed by atoms with Crippen LogP contribution in [0.2, 0.25) is 0 Å². The van der Waals surface area contributed by atoms with E-state index in [1.54, 1.807) is 22.9 Å². The second kappa shape index (κ2) is 7.35. The molecule has 1 aromatic heterocycles. The quantitative estimate of drug-likeness (QED) is 0.797. The number of aromatic amines is 1. The van der Waals surface area contributed by atoms with E-state index in [-0.39, 0.29) is 24.2 Å². The molecule has 8 nitrogen and oxygen atoms in total. The Hall–Kier alpha value is -3.16. The van der Waals surface area contributed by atoms with Crippen molar-refractivity contribution in [2.45, 2.75) is 24.8 Å². The number of hydrogen-bond acceptors (Lipinski definition) is 5. The molecule has 2 amide bonds. The lowest BCUT2D eigenvalue weighted by atomic mass is 9.77. The van der Waals surface area contributed by atoms with Crippen molar-refractivity contribution in [2.75, 3.05) is 27.2 Å². The molecule has 2 fully saturated rings. The molecule has 0 bridgehead atoms. The molecule has 0 aliphatic carbocycles. The molecule has 2 aliphatic heterocycles. The zero-order valence-electron chi connectivity index (χ0n) is 16.6. The van der Waals surface area contributed by atoms with E-state index in [0.29, 0.717) is 37.3 Å². The number of nitrogens with one attached hydrogen (secondary N) is 1. The van der Waals surface area contributed by atoms with Gasteiger partial charge in [-0.3, -0.25) is 19.5 Å². The summed E-state index contributed by atoms with van der Waals surface area (Å²) in [6.07, 6.45) is 1.25. The maximum absolute atomic E-state index is 12.9. The molecule has 8 heteroatoms. The molecular weight excluding hydrogens is 372 g/mol. The van der Waals surface area contributed by atoms with Gasteiger partial charge < -0.3 is 14.5 Å². The summed E-state index contributed by atoms with van der Waals surface area (Å²) < 4.78 is 4.94. The average Bonchev–Trinajstić information content (AvgIpc) is 3.34. The van der Waals surface area contributed by atoms with Crippen molar-refractivity contribution < 1.29 is 19.1 Å². The minimum Gasteiger partial charge on any atom is -0.469 e. The van der Waals surface area contributed by atoms with E-state index < -0.39 is 11.5 Å². The lowest BCUT2D eigenvalue weighted by Gasteiger charge is -2.45. The van der Waals surface area contributed by atoms with Crippen LogP contribution in [0.25, 0.3) is 11.3 Å². The Morgan fingerprint density at radius 1 is 1.21 bits per heavy atom. The highest BCUT2D eigenvalue weighted by Crippen LogP contribution is 2.43. The summed E-state index contributed by atoms with van der Waals surface area (Å²) in [6.45, 7) is 0.924. The number of ether oxygens (including phenoxy) is 1. The van der Waals surface area contributed by atoms with Gasteiger partial charge in [-0.05, 0) is 18.9 Å². The molecule has 1 atom stereocenters. The molecule has 152 valence electrons. The summed E-state index contributed by atoms with van der Waals surface area (Å²) >= 11 is 0. The molecule has 4 rings (SSSR count). The summed E-state index contributed by atoms with van der Waals surface area (Å²) in [5.74, 6) is -1.03. The van der Waals surface area contributed by atoms with Crippen molar-refractivity contribution in [2.24, 2.45) is 5.92 Å². The molecule has 1 spiro atoms. The zero-order chi connectivity index (χ0) is 20.6. The summed E-state index contributed by atoms with van der Waals surface area (Å²) in [5, 5.41) is 7.09. The number of aromatic nitrogens is 2. The molecule has 1 N–H and O–H groups in total. The van der Waals surface area contributed by atoms with Crippen molar-refractivity contribution in [3.63, 3.8) is 0 Å². The van der Waals surface area contributed by atoms with Crippen LogP contribution < -0.4 is 0 Å². The van der Waals surface area contributed by atoms with E-state index >= 15 is 0 Å². The second-order valence-corrected chi connectivity index (χ2v) is 7.66. The van der Waals surface area contributed by atoms with Gasteiger partial charge in [0.15, 0.2) is 0 Å². The van der Waals surface area contributed by atoms with E-state index in [0.717, 1.165) is 5.56 Å². The van der Waals surface area contributed by atoms with Crippen LogP contribution in [0.4, 0.5) is 0 Å². The lowest BCUT2D eigenvalue weighted by molar-refractivity contribution is -0.149. The SMILES string of the molecule is COC(=O)C1CC(=O)N(C)C12CCN(C(=O)c1cc(-c3ccccc3)n[nH]1)CC2. The number of esters is 1. The minimum atomic E-state index is -0.579. The number of amides is 2. The molecule has 2 saturated heterocycles. The van der Waals surface area contributed by atoms with Crippen molar-refractivity contribution in [3.8, 4) is 11.3 Å². The van der Waals surface area contributed by atoms with Gasteiger partial charge in [0, 0.05) is 32.1 Å². The van der Waals surface area contributed by atoms with Gasteiger partial charge in [0.2, 0.25) is 5.91 Å². The molecule has 0 radical (unpaired) electrons. The average molecular weight is 396 g/mol. The number of hydrogen-bond donors (Lipinski definition) is 1. The van der Waals surface area contributed by atoms with E-state index in [4.69, 9.17) is 4.74 Å². The number of methoxy groups -OCH3 is 1. The number of H-pyrrole nitrogens is 1. The first-order chi connectivity index (χ1) is 14.0. The first-order valence-corrected chi connectivity index (χ1v) is 9.71. The largest absolute Gasteiger partial charge is 0.469 e. The number of carbonyl (C=O) groups is 3. The predicted octanol–water partition coefficient (Wildman–Crippen LogP) is 1.70. The Balaban J connectivity index is 1.48. The van der Waals surface area contributed by atoms with Crippen LogP contribution >= 0.6 is 0 Å². The second-order valence-electron chi connectivity index (χ2n) is 7.66. The van der Waals surface area contributed by atoms with E-state index in [1.165, 1.54) is 7.11 Å². The van der Waals surface area contributed by atoms with E-state index in [1.807, 2.05) is 30.3 Å². The Morgan fingerprint density at radius 2 is 1.90 bits per heavy atom. The molecule has 3 heterocycles. The van der Waals surface area contributed by atoms with Gasteiger partial charge >= 0.3 is 5.97 Å². The number of carbonyl (C=O) groups excluding carboxylic acids is 3. The third-order valence-corrected chi connectivity index (χ3v) is 6.35. The van der Waals surface area contributed by atoms with Gasteiger partial charge in [0.25, 0.3) is 5.91 Å². The fourth-order valence-corrected chi connectivity index (χ4v) is 4.57. The maximum Gasteiger partial charge on any atom is 0.311 e. The molecule has 1 aromatic carbocycles. The zero-order valence-corrected chi connectivity index (χ0v) is 16.6. The van der Waals surface area contributed by atoms with Crippen LogP contribution in [-0.2, 0) is 14.3 Å². The molecule has 2 aliphatic rings. The van der Waals surface area contributed by atoms with Crippen LogP contribution in [0.3, 0.4) is 0 Å². The van der Waals surface area contributed by atoms with Crippen LogP contribution in [0.1, 0.15) is 29.8 Å². The molecular formula is C21H24N4O4. The van der Waals surface area contributed by atoms with Crippen LogP contribution in [0.15, 0.2) is 36.4 Å². The highest BCUT2D eigenvalue weighted by molar-refractivity contribution is 5.94. The van der Waals surface area contributed by atoms with Crippen molar-refractivity contribution >= 4 is 17.8 Å². The number of rotatable bonds is 3. The van der Waals surface area contributed by atoms with Gasteiger partial charge in [-0.2, -0.15) is 5.10 Å². The number of benzene rings is 1. The topological polar surface area (TPSA) is 95.6 Å². The number of likely N-dealkylation sites (tertiary alicyclic amines) is 2. The van der Waals surface area contributed by atoms with Gasteiger partial charge in [0.1, 0.15) is 5.69 Å². The fourth-order valence-electron chi connectivity index (χ4n) is 4.57. The third kappa shape index (κ3) is 3.18. The van der Waals surface area contributed by atoms with Crippen LogP contribution in [0, 0.1) is 5.92 Å². The summed E-state index contributed by atoms with van der Waals surface area (Å²) in [4.78, 5) is 40.9. The lowest BCUT2D eigenvalue weighted by Crippen LogP contribution is -2.57. The smallest absolute Gasteiger partial charge is 0.311 e. The van der Waals surface area contributed by atoms with Crippen LogP contribution in [-0.4, -0.2) is 70.6 Å². The first kappa shape index (κ1) is 19.2. The standard InChI is InChI=1S/C21H24N4O4/c1-24-18(26)12-15(20(28)29-2)21(24)8-10-25(11-9-21)19(27)17-13-16(22-23-17)14-6-4-3-5-7-14/h3-7,13,15H,8-12H2,1-2H3,(H,22,23). The third-order valence-electron chi connectivity index (χ3n) is 6.35. The van der Waals surface area contributed by atoms with Gasteiger partial charge in [-0.25, -0.2) is 0 Å². The van der Waals surface area contributed by atoms with Crippen molar-refractivity contribution in [1.82, 2.24) is 20.0 Å². The van der Waals surface area contributed by atoms with Gasteiger partial charge in [0.05, 0.1) is 24.3 Å². The fraction of sp³-hybridized carbons (Fsp3) is 0.429. The van der Waals surface area contributed by atoms with Crippen LogP contribution in [0.5, 0.6) is 0 Å². The van der Waals surface area contributed by atoms with E-state index in [2.05, 4.69) is 10.2 Å². The Bertz CT molecular complexity index is 931. The maximum atomic E-state index is 12.9. The molecule has 2 aromatic rings. The predicted molar refractivity (Wildman–Crippen MR) is 105 cm³/mol. The monoisotopic (exact) mass is 396 g/mol. The summed E-state index contributed by atoms with van der Waals surface area (Å²) in [6, 6.07) is 11.4. The van der Waals surface area contributed by atoms with Crippen molar-refractivity contribution in [1.29, 1.82) is 0 Å².